The largest absolute Gasteiger partial charge is 0.317 e. The lowest BCUT2D eigenvalue weighted by Gasteiger charge is -2.10. The molecule has 2 rings (SSSR count). The van der Waals surface area contributed by atoms with Crippen LogP contribution in [0, 0.1) is 13.8 Å². The number of amides is 1. The van der Waals surface area contributed by atoms with E-state index in [2.05, 4.69) is 15.6 Å². The summed E-state index contributed by atoms with van der Waals surface area (Å²) in [6.45, 7) is 3.84. The Hall–Kier alpha value is -2.27. The predicted molar refractivity (Wildman–Crippen MR) is 83.8 cm³/mol. The quantitative estimate of drug-likeness (QED) is 0.833. The van der Waals surface area contributed by atoms with Gasteiger partial charge in [-0.15, -0.1) is 0 Å². The Morgan fingerprint density at radius 2 is 1.95 bits per heavy atom. The van der Waals surface area contributed by atoms with Gasteiger partial charge < -0.3 is 5.32 Å². The van der Waals surface area contributed by atoms with Gasteiger partial charge in [0.1, 0.15) is 5.82 Å². The normalized spacial score (nSPS) is 9.90. The van der Waals surface area contributed by atoms with Crippen molar-refractivity contribution in [2.24, 2.45) is 0 Å². The summed E-state index contributed by atoms with van der Waals surface area (Å²) in [5.41, 5.74) is 2.57. The smallest absolute Gasteiger partial charge is 0.257 e. The van der Waals surface area contributed by atoms with Crippen molar-refractivity contribution in [3.8, 4) is 0 Å². The van der Waals surface area contributed by atoms with E-state index in [0.717, 1.165) is 11.1 Å². The zero-order chi connectivity index (χ0) is 14.5. The number of carbonyl (C=O) groups excluding carboxylic acids is 1. The van der Waals surface area contributed by atoms with Gasteiger partial charge in [0, 0.05) is 11.8 Å². The first-order chi connectivity index (χ1) is 9.56. The van der Waals surface area contributed by atoms with E-state index in [1.165, 1.54) is 0 Å². The van der Waals surface area contributed by atoms with E-state index in [-0.39, 0.29) is 11.0 Å². The number of aryl methyl sites for hydroxylation is 2. The lowest BCUT2D eigenvalue weighted by molar-refractivity contribution is 0.0977. The number of aromatic nitrogens is 1. The van der Waals surface area contributed by atoms with Gasteiger partial charge in [-0.2, -0.15) is 0 Å². The molecule has 0 bridgehead atoms. The Kier molecular flexibility index (Phi) is 4.42. The highest BCUT2D eigenvalue weighted by molar-refractivity contribution is 7.80. The molecule has 2 N–H and O–H groups in total. The molecule has 0 unspecified atom stereocenters. The molecule has 0 fully saturated rings. The molecule has 0 aliphatic heterocycles. The number of rotatable bonds is 2. The Morgan fingerprint density at radius 3 is 2.65 bits per heavy atom. The van der Waals surface area contributed by atoms with Crippen molar-refractivity contribution in [1.82, 2.24) is 10.3 Å². The monoisotopic (exact) mass is 285 g/mol. The van der Waals surface area contributed by atoms with Gasteiger partial charge in [0.2, 0.25) is 0 Å². The highest BCUT2D eigenvalue weighted by Crippen LogP contribution is 2.07. The zero-order valence-corrected chi connectivity index (χ0v) is 12.1. The van der Waals surface area contributed by atoms with Crippen LogP contribution in [0.2, 0.25) is 0 Å². The van der Waals surface area contributed by atoms with E-state index in [1.807, 2.05) is 44.2 Å². The van der Waals surface area contributed by atoms with Crippen LogP contribution in [0.1, 0.15) is 21.5 Å². The number of nitrogens with one attached hydrogen (secondary N) is 2. The van der Waals surface area contributed by atoms with Gasteiger partial charge in [0.25, 0.3) is 5.91 Å². The van der Waals surface area contributed by atoms with Crippen molar-refractivity contribution in [1.29, 1.82) is 0 Å². The molecule has 20 heavy (non-hydrogen) atoms. The third-order valence-corrected chi connectivity index (χ3v) is 2.98. The lowest BCUT2D eigenvalue weighted by atomic mass is 10.1. The van der Waals surface area contributed by atoms with Gasteiger partial charge in [-0.3, -0.25) is 10.1 Å². The van der Waals surface area contributed by atoms with Gasteiger partial charge >= 0.3 is 0 Å². The lowest BCUT2D eigenvalue weighted by Crippen LogP contribution is -2.34. The minimum absolute atomic E-state index is 0.228. The molecule has 1 amide bonds. The molecule has 4 nitrogen and oxygen atoms in total. The minimum atomic E-state index is -0.228. The summed E-state index contributed by atoms with van der Waals surface area (Å²) in [7, 11) is 0. The van der Waals surface area contributed by atoms with Crippen molar-refractivity contribution >= 4 is 29.1 Å². The second-order valence-corrected chi connectivity index (χ2v) is 4.85. The van der Waals surface area contributed by atoms with E-state index >= 15 is 0 Å². The second kappa shape index (κ2) is 6.25. The number of nitrogens with zero attached hydrogens (tertiary/aromatic N) is 1. The van der Waals surface area contributed by atoms with Crippen LogP contribution >= 0.6 is 12.2 Å². The molecule has 1 heterocycles. The van der Waals surface area contributed by atoms with E-state index in [1.54, 1.807) is 12.3 Å². The Morgan fingerprint density at radius 1 is 1.20 bits per heavy atom. The van der Waals surface area contributed by atoms with Crippen LogP contribution in [0.5, 0.6) is 0 Å². The topological polar surface area (TPSA) is 54.0 Å². The highest BCUT2D eigenvalue weighted by atomic mass is 32.1. The number of benzene rings is 1. The number of pyridine rings is 1. The molecule has 1 aromatic carbocycles. The SMILES string of the molecule is Cc1ccnc(NC(=S)NC(=O)c2ccccc2C)c1. The first-order valence-electron chi connectivity index (χ1n) is 6.17. The van der Waals surface area contributed by atoms with Crippen LogP contribution in [0.15, 0.2) is 42.6 Å². The van der Waals surface area contributed by atoms with Gasteiger partial charge in [-0.25, -0.2) is 4.98 Å². The fourth-order valence-electron chi connectivity index (χ4n) is 1.75. The molecule has 2 aromatic rings. The molecule has 0 aliphatic rings. The van der Waals surface area contributed by atoms with Gasteiger partial charge in [-0.1, -0.05) is 18.2 Å². The average Bonchev–Trinajstić information content (AvgIpc) is 2.38. The summed E-state index contributed by atoms with van der Waals surface area (Å²) >= 11 is 5.12. The predicted octanol–water partition coefficient (Wildman–Crippen LogP) is 2.83. The average molecular weight is 285 g/mol. The number of anilines is 1. The fraction of sp³-hybridized carbons (Fsp3) is 0.133. The van der Waals surface area contributed by atoms with Crippen molar-refractivity contribution < 1.29 is 4.79 Å². The maximum Gasteiger partial charge on any atom is 0.257 e. The minimum Gasteiger partial charge on any atom is -0.317 e. The number of carbonyl (C=O) groups is 1. The summed E-state index contributed by atoms with van der Waals surface area (Å²) < 4.78 is 0. The molecule has 0 spiro atoms. The Bertz CT molecular complexity index is 655. The Balaban J connectivity index is 2.02. The molecule has 0 radical (unpaired) electrons. The summed E-state index contributed by atoms with van der Waals surface area (Å²) in [5.74, 6) is 0.383. The molecule has 5 heteroatoms. The van der Waals surface area contributed by atoms with Crippen LogP contribution in [0.3, 0.4) is 0 Å². The van der Waals surface area contributed by atoms with Gasteiger partial charge in [0.15, 0.2) is 5.11 Å². The van der Waals surface area contributed by atoms with Crippen LogP contribution < -0.4 is 10.6 Å². The molecule has 0 saturated carbocycles. The zero-order valence-electron chi connectivity index (χ0n) is 11.3. The van der Waals surface area contributed by atoms with E-state index < -0.39 is 0 Å². The van der Waals surface area contributed by atoms with Crippen LogP contribution in [0.4, 0.5) is 5.82 Å². The van der Waals surface area contributed by atoms with Crippen molar-refractivity contribution in [2.75, 3.05) is 5.32 Å². The molecule has 0 atom stereocenters. The summed E-state index contributed by atoms with van der Waals surface area (Å²) in [5, 5.41) is 5.77. The molecular weight excluding hydrogens is 270 g/mol. The molecule has 0 saturated heterocycles. The van der Waals surface area contributed by atoms with Crippen molar-refractivity contribution in [3.05, 3.63) is 59.3 Å². The van der Waals surface area contributed by atoms with Gasteiger partial charge in [0.05, 0.1) is 0 Å². The van der Waals surface area contributed by atoms with E-state index in [9.17, 15) is 4.79 Å². The molecule has 1 aromatic heterocycles. The molecular formula is C15H15N3OS. The summed E-state index contributed by atoms with van der Waals surface area (Å²) in [6, 6.07) is 11.1. The maximum absolute atomic E-state index is 12.1. The summed E-state index contributed by atoms with van der Waals surface area (Å²) in [6.07, 6.45) is 1.68. The first-order valence-corrected chi connectivity index (χ1v) is 6.58. The fourth-order valence-corrected chi connectivity index (χ4v) is 1.95. The number of hydrogen-bond acceptors (Lipinski definition) is 3. The molecule has 102 valence electrons. The van der Waals surface area contributed by atoms with Crippen molar-refractivity contribution in [3.63, 3.8) is 0 Å². The van der Waals surface area contributed by atoms with Crippen molar-refractivity contribution in [2.45, 2.75) is 13.8 Å². The maximum atomic E-state index is 12.1. The van der Waals surface area contributed by atoms with E-state index in [0.29, 0.717) is 11.4 Å². The third kappa shape index (κ3) is 3.61. The second-order valence-electron chi connectivity index (χ2n) is 4.44. The first kappa shape index (κ1) is 14.1. The third-order valence-electron chi connectivity index (χ3n) is 2.77. The van der Waals surface area contributed by atoms with Crippen LogP contribution in [0.25, 0.3) is 0 Å². The standard InChI is InChI=1S/C15H15N3OS/c1-10-7-8-16-13(9-10)17-15(20)18-14(19)12-6-4-3-5-11(12)2/h3-9H,1-2H3,(H2,16,17,18,19,20). The Labute approximate surface area is 123 Å². The van der Waals surface area contributed by atoms with E-state index in [4.69, 9.17) is 12.2 Å². The molecule has 0 aliphatic carbocycles. The van der Waals surface area contributed by atoms with Crippen LogP contribution in [-0.2, 0) is 0 Å². The highest BCUT2D eigenvalue weighted by Gasteiger charge is 2.10. The number of hydrogen-bond donors (Lipinski definition) is 2. The number of thiocarbonyl (C=S) groups is 1. The van der Waals surface area contributed by atoms with Gasteiger partial charge in [-0.05, 0) is 55.4 Å². The summed E-state index contributed by atoms with van der Waals surface area (Å²) in [4.78, 5) is 16.2. The van der Waals surface area contributed by atoms with Crippen LogP contribution in [-0.4, -0.2) is 16.0 Å².